The Bertz CT molecular complexity index is 1010. The Balaban J connectivity index is 1.38. The van der Waals surface area contributed by atoms with Crippen LogP contribution in [-0.2, 0) is 16.1 Å². The first-order chi connectivity index (χ1) is 15.6. The molecule has 1 aromatic heterocycles. The molecule has 0 saturated heterocycles. The van der Waals surface area contributed by atoms with Crippen molar-refractivity contribution in [3.8, 4) is 17.0 Å². The van der Waals surface area contributed by atoms with E-state index in [2.05, 4.69) is 22.4 Å². The van der Waals surface area contributed by atoms with Crippen molar-refractivity contribution in [1.82, 2.24) is 15.8 Å². The molecule has 2 aromatic carbocycles. The van der Waals surface area contributed by atoms with Gasteiger partial charge >= 0.3 is 5.97 Å². The van der Waals surface area contributed by atoms with Crippen molar-refractivity contribution in [2.45, 2.75) is 12.5 Å². The molecule has 32 heavy (non-hydrogen) atoms. The summed E-state index contributed by atoms with van der Waals surface area (Å²) in [5.74, 6) is -0.180. The van der Waals surface area contributed by atoms with Gasteiger partial charge in [-0.1, -0.05) is 49.0 Å². The number of carboxylic acids is 1. The van der Waals surface area contributed by atoms with Crippen LogP contribution in [-0.4, -0.2) is 42.4 Å². The lowest BCUT2D eigenvalue weighted by Crippen LogP contribution is -2.35. The molecule has 0 fully saturated rings. The van der Waals surface area contributed by atoms with E-state index < -0.39 is 12.0 Å². The van der Waals surface area contributed by atoms with Crippen molar-refractivity contribution in [3.63, 3.8) is 0 Å². The number of benzene rings is 2. The van der Waals surface area contributed by atoms with E-state index >= 15 is 0 Å². The molecule has 0 spiro atoms. The number of ether oxygens (including phenoxy) is 1. The highest BCUT2D eigenvalue weighted by Gasteiger charge is 2.15. The minimum atomic E-state index is -0.872. The molecule has 166 valence electrons. The predicted molar refractivity (Wildman–Crippen MR) is 124 cm³/mol. The molecule has 0 bridgehead atoms. The van der Waals surface area contributed by atoms with Gasteiger partial charge in [0.05, 0.1) is 11.4 Å². The quantitative estimate of drug-likeness (QED) is 0.297. The Morgan fingerprint density at radius 2 is 1.81 bits per heavy atom. The number of aromatic nitrogens is 1. The Morgan fingerprint density at radius 3 is 2.44 bits per heavy atom. The summed E-state index contributed by atoms with van der Waals surface area (Å²) >= 11 is 0. The van der Waals surface area contributed by atoms with Crippen molar-refractivity contribution in [3.05, 3.63) is 90.6 Å². The molecule has 1 heterocycles. The Labute approximate surface area is 187 Å². The lowest BCUT2D eigenvalue weighted by molar-refractivity contribution is -0.139. The van der Waals surface area contributed by atoms with Gasteiger partial charge in [-0.2, -0.15) is 0 Å². The largest absolute Gasteiger partial charge is 0.491 e. The molecule has 0 aliphatic carbocycles. The van der Waals surface area contributed by atoms with Crippen molar-refractivity contribution >= 4 is 11.7 Å². The molecule has 0 amide bonds. The van der Waals surface area contributed by atoms with E-state index in [1.807, 2.05) is 66.7 Å². The number of carbonyl (C=O) groups is 1. The van der Waals surface area contributed by atoms with Gasteiger partial charge in [0.15, 0.2) is 0 Å². The standard InChI is InChI=1S/C25H27N3O4/c1-18(20-8-10-21(11-9-20)23-5-3-4-14-27-23)28-32-16-15-31-22-12-6-19(7-13-22)17-24(26-2)25(29)30/h3-14,24,26,28H,1,15-17H2,2H3,(H,29,30). The number of hydroxylamine groups is 1. The average molecular weight is 434 g/mol. The third kappa shape index (κ3) is 6.66. The number of likely N-dealkylation sites (N-methyl/N-ethyl adjacent to an activating group) is 1. The number of carboxylic acid groups (broad SMARTS) is 1. The first kappa shape index (κ1) is 23.0. The van der Waals surface area contributed by atoms with Gasteiger partial charge in [-0.15, -0.1) is 0 Å². The molecule has 3 rings (SSSR count). The van der Waals surface area contributed by atoms with Crippen LogP contribution in [0.25, 0.3) is 17.0 Å². The van der Waals surface area contributed by atoms with Crippen LogP contribution in [0.3, 0.4) is 0 Å². The summed E-state index contributed by atoms with van der Waals surface area (Å²) in [7, 11) is 1.64. The van der Waals surface area contributed by atoms with Crippen LogP contribution in [0.2, 0.25) is 0 Å². The van der Waals surface area contributed by atoms with E-state index in [1.54, 1.807) is 13.2 Å². The van der Waals surface area contributed by atoms with Crippen LogP contribution in [0.1, 0.15) is 11.1 Å². The van der Waals surface area contributed by atoms with Crippen LogP contribution in [0.5, 0.6) is 5.75 Å². The number of nitrogens with zero attached hydrogens (tertiary/aromatic N) is 1. The molecule has 0 saturated carbocycles. The smallest absolute Gasteiger partial charge is 0.321 e. The highest BCUT2D eigenvalue weighted by Crippen LogP contribution is 2.19. The van der Waals surface area contributed by atoms with Crippen molar-refractivity contribution in [2.24, 2.45) is 0 Å². The normalized spacial score (nSPS) is 11.5. The molecule has 0 aliphatic heterocycles. The Morgan fingerprint density at radius 1 is 1.06 bits per heavy atom. The second-order valence-electron chi connectivity index (χ2n) is 7.10. The van der Waals surface area contributed by atoms with Gasteiger partial charge < -0.3 is 15.2 Å². The fourth-order valence-corrected chi connectivity index (χ4v) is 3.04. The SMILES string of the molecule is C=C(NOCCOc1ccc(CC(NC)C(=O)O)cc1)c1ccc(-c2ccccn2)cc1. The van der Waals surface area contributed by atoms with E-state index in [1.165, 1.54) is 0 Å². The second-order valence-corrected chi connectivity index (χ2v) is 7.10. The first-order valence-corrected chi connectivity index (χ1v) is 10.3. The third-order valence-corrected chi connectivity index (χ3v) is 4.85. The molecule has 0 radical (unpaired) electrons. The average Bonchev–Trinajstić information content (AvgIpc) is 2.83. The maximum Gasteiger partial charge on any atom is 0.321 e. The lowest BCUT2D eigenvalue weighted by atomic mass is 10.1. The van der Waals surface area contributed by atoms with E-state index in [9.17, 15) is 4.79 Å². The Kier molecular flexibility index (Phi) is 8.36. The van der Waals surface area contributed by atoms with Gasteiger partial charge in [0.1, 0.15) is 25.0 Å². The molecule has 7 nitrogen and oxygen atoms in total. The summed E-state index contributed by atoms with van der Waals surface area (Å²) in [5, 5.41) is 11.9. The maximum absolute atomic E-state index is 11.1. The van der Waals surface area contributed by atoms with Gasteiger partial charge in [0.2, 0.25) is 0 Å². The number of hydrogen-bond donors (Lipinski definition) is 3. The summed E-state index contributed by atoms with van der Waals surface area (Å²) in [4.78, 5) is 20.9. The molecule has 0 aliphatic rings. The zero-order valence-electron chi connectivity index (χ0n) is 18.0. The van der Waals surface area contributed by atoms with E-state index in [0.29, 0.717) is 31.1 Å². The summed E-state index contributed by atoms with van der Waals surface area (Å²) in [6.45, 7) is 4.68. The number of hydrogen-bond acceptors (Lipinski definition) is 6. The lowest BCUT2D eigenvalue weighted by Gasteiger charge is -2.13. The van der Waals surface area contributed by atoms with Crippen molar-refractivity contribution < 1.29 is 19.5 Å². The minimum absolute atomic E-state index is 0.327. The monoisotopic (exact) mass is 433 g/mol. The number of pyridine rings is 1. The van der Waals surface area contributed by atoms with Gasteiger partial charge in [-0.3, -0.25) is 20.1 Å². The van der Waals surface area contributed by atoms with Crippen LogP contribution >= 0.6 is 0 Å². The fraction of sp³-hybridized carbons (Fsp3) is 0.200. The van der Waals surface area contributed by atoms with Crippen LogP contribution in [0, 0.1) is 0 Å². The highest BCUT2D eigenvalue weighted by molar-refractivity contribution is 5.73. The number of nitrogens with one attached hydrogen (secondary N) is 2. The summed E-state index contributed by atoms with van der Waals surface area (Å²) in [5.41, 5.74) is 7.28. The molecule has 7 heteroatoms. The summed E-state index contributed by atoms with van der Waals surface area (Å²) in [6.07, 6.45) is 2.18. The maximum atomic E-state index is 11.1. The topological polar surface area (TPSA) is 92.7 Å². The van der Waals surface area contributed by atoms with Gasteiger partial charge in [0, 0.05) is 11.8 Å². The first-order valence-electron chi connectivity index (χ1n) is 10.3. The van der Waals surface area contributed by atoms with E-state index in [0.717, 1.165) is 22.4 Å². The van der Waals surface area contributed by atoms with Gasteiger partial charge in [-0.05, 0) is 48.9 Å². The van der Waals surface area contributed by atoms with Crippen LogP contribution in [0.4, 0.5) is 0 Å². The second kappa shape index (κ2) is 11.6. The predicted octanol–water partition coefficient (Wildman–Crippen LogP) is 3.53. The molecule has 1 unspecified atom stereocenters. The molecule has 3 N–H and O–H groups in total. The highest BCUT2D eigenvalue weighted by atomic mass is 16.7. The molecule has 3 aromatic rings. The van der Waals surface area contributed by atoms with Crippen LogP contribution < -0.4 is 15.5 Å². The summed E-state index contributed by atoms with van der Waals surface area (Å²) in [6, 6.07) is 20.5. The molecular weight excluding hydrogens is 406 g/mol. The minimum Gasteiger partial charge on any atom is -0.491 e. The third-order valence-electron chi connectivity index (χ3n) is 4.85. The fourth-order valence-electron chi connectivity index (χ4n) is 3.04. The zero-order valence-corrected chi connectivity index (χ0v) is 18.0. The van der Waals surface area contributed by atoms with Crippen LogP contribution in [0.15, 0.2) is 79.5 Å². The van der Waals surface area contributed by atoms with Gasteiger partial charge in [0.25, 0.3) is 0 Å². The Hall–Kier alpha value is -3.68. The van der Waals surface area contributed by atoms with E-state index in [4.69, 9.17) is 14.7 Å². The summed E-state index contributed by atoms with van der Waals surface area (Å²) < 4.78 is 5.66. The molecule has 1 atom stereocenters. The number of aliphatic carboxylic acids is 1. The zero-order chi connectivity index (χ0) is 22.8. The molecular formula is C25H27N3O4. The van der Waals surface area contributed by atoms with Crippen molar-refractivity contribution in [1.29, 1.82) is 0 Å². The van der Waals surface area contributed by atoms with E-state index in [-0.39, 0.29) is 0 Å². The van der Waals surface area contributed by atoms with Crippen molar-refractivity contribution in [2.75, 3.05) is 20.3 Å². The number of rotatable bonds is 12. The van der Waals surface area contributed by atoms with Gasteiger partial charge in [-0.25, -0.2) is 0 Å².